The molecule has 1 aliphatic heterocycles. The van der Waals surface area contributed by atoms with Gasteiger partial charge >= 0.3 is 0 Å². The number of benzene rings is 2. The molecule has 0 radical (unpaired) electrons. The highest BCUT2D eigenvalue weighted by atomic mass is 16.3. The standard InChI is InChI=1S/C19H19NO2/c21-18-16-12-6-7-13-17(16)19(22,14-8-2-1-3-9-14)20(18)15-10-4-5-11-15/h1-3,6-9,12-13,15,22H,4-5,10-11H2/t19-/m0/s1. The zero-order valence-corrected chi connectivity index (χ0v) is 12.4. The second-order valence-electron chi connectivity index (χ2n) is 6.20. The monoisotopic (exact) mass is 293 g/mol. The van der Waals surface area contributed by atoms with Gasteiger partial charge in [0.15, 0.2) is 5.72 Å². The molecule has 0 aromatic heterocycles. The summed E-state index contributed by atoms with van der Waals surface area (Å²) in [6, 6.07) is 17.1. The van der Waals surface area contributed by atoms with E-state index >= 15 is 0 Å². The van der Waals surface area contributed by atoms with Crippen molar-refractivity contribution in [2.24, 2.45) is 0 Å². The Balaban J connectivity index is 1.92. The third-order valence-electron chi connectivity index (χ3n) is 4.97. The van der Waals surface area contributed by atoms with E-state index in [9.17, 15) is 9.90 Å². The molecule has 1 fully saturated rings. The topological polar surface area (TPSA) is 40.5 Å². The third-order valence-corrected chi connectivity index (χ3v) is 4.97. The summed E-state index contributed by atoms with van der Waals surface area (Å²) in [7, 11) is 0. The van der Waals surface area contributed by atoms with Gasteiger partial charge in [-0.25, -0.2) is 0 Å². The lowest BCUT2D eigenvalue weighted by Crippen LogP contribution is -2.49. The van der Waals surface area contributed by atoms with Crippen LogP contribution in [0.4, 0.5) is 0 Å². The average molecular weight is 293 g/mol. The zero-order chi connectivity index (χ0) is 15.2. The van der Waals surface area contributed by atoms with Gasteiger partial charge in [0.25, 0.3) is 5.91 Å². The first-order valence-electron chi connectivity index (χ1n) is 7.94. The van der Waals surface area contributed by atoms with Crippen LogP contribution in [0, 0.1) is 0 Å². The van der Waals surface area contributed by atoms with Gasteiger partial charge in [-0.1, -0.05) is 61.4 Å². The van der Waals surface area contributed by atoms with Gasteiger partial charge in [0, 0.05) is 22.7 Å². The van der Waals surface area contributed by atoms with Crippen molar-refractivity contribution in [3.8, 4) is 0 Å². The molecule has 1 aliphatic carbocycles. The molecule has 0 saturated heterocycles. The highest BCUT2D eigenvalue weighted by Crippen LogP contribution is 2.45. The van der Waals surface area contributed by atoms with Crippen LogP contribution in [0.1, 0.15) is 47.2 Å². The second kappa shape index (κ2) is 4.96. The van der Waals surface area contributed by atoms with Gasteiger partial charge in [0.05, 0.1) is 0 Å². The molecule has 3 heteroatoms. The quantitative estimate of drug-likeness (QED) is 0.923. The molecular weight excluding hydrogens is 274 g/mol. The van der Waals surface area contributed by atoms with E-state index in [1.54, 1.807) is 4.90 Å². The lowest BCUT2D eigenvalue weighted by atomic mass is 9.93. The summed E-state index contributed by atoms with van der Waals surface area (Å²) in [5.41, 5.74) is 0.753. The third kappa shape index (κ3) is 1.75. The summed E-state index contributed by atoms with van der Waals surface area (Å²) in [6.07, 6.45) is 4.18. The van der Waals surface area contributed by atoms with Crippen LogP contribution < -0.4 is 0 Å². The van der Waals surface area contributed by atoms with Gasteiger partial charge in [-0.3, -0.25) is 9.69 Å². The van der Waals surface area contributed by atoms with Crippen LogP contribution >= 0.6 is 0 Å². The molecule has 1 heterocycles. The Morgan fingerprint density at radius 3 is 2.32 bits per heavy atom. The predicted octanol–water partition coefficient (Wildman–Crippen LogP) is 3.28. The summed E-state index contributed by atoms with van der Waals surface area (Å²) < 4.78 is 0. The molecule has 2 aromatic rings. The van der Waals surface area contributed by atoms with Crippen LogP contribution in [0.25, 0.3) is 0 Å². The molecule has 112 valence electrons. The van der Waals surface area contributed by atoms with Crippen LogP contribution in [0.5, 0.6) is 0 Å². The number of rotatable bonds is 2. The molecule has 3 nitrogen and oxygen atoms in total. The Labute approximate surface area is 130 Å². The molecule has 0 bridgehead atoms. The van der Waals surface area contributed by atoms with Crippen LogP contribution in [-0.2, 0) is 5.72 Å². The number of nitrogens with zero attached hydrogens (tertiary/aromatic N) is 1. The van der Waals surface area contributed by atoms with Gasteiger partial charge in [-0.15, -0.1) is 0 Å². The number of hydrogen-bond acceptors (Lipinski definition) is 2. The Bertz CT molecular complexity index is 706. The largest absolute Gasteiger partial charge is 0.363 e. The lowest BCUT2D eigenvalue weighted by molar-refractivity contribution is -0.0687. The van der Waals surface area contributed by atoms with Crippen molar-refractivity contribution in [2.45, 2.75) is 37.5 Å². The number of amides is 1. The molecule has 1 amide bonds. The first-order valence-corrected chi connectivity index (χ1v) is 7.94. The van der Waals surface area contributed by atoms with Gasteiger partial charge in [-0.2, -0.15) is 0 Å². The minimum Gasteiger partial charge on any atom is -0.363 e. The van der Waals surface area contributed by atoms with E-state index in [0.29, 0.717) is 11.1 Å². The molecule has 1 atom stereocenters. The number of carbonyl (C=O) groups is 1. The van der Waals surface area contributed by atoms with Crippen LogP contribution in [0.3, 0.4) is 0 Å². The van der Waals surface area contributed by atoms with E-state index in [0.717, 1.165) is 31.2 Å². The molecule has 1 N–H and O–H groups in total. The highest BCUT2D eigenvalue weighted by Gasteiger charge is 2.52. The van der Waals surface area contributed by atoms with Crippen molar-refractivity contribution in [3.05, 3.63) is 71.3 Å². The lowest BCUT2D eigenvalue weighted by Gasteiger charge is -2.38. The normalized spacial score (nSPS) is 24.8. The Kier molecular flexibility index (Phi) is 3.05. The fourth-order valence-electron chi connectivity index (χ4n) is 3.94. The van der Waals surface area contributed by atoms with Crippen LogP contribution in [-0.4, -0.2) is 22.0 Å². The van der Waals surface area contributed by atoms with Crippen LogP contribution in [0.2, 0.25) is 0 Å². The van der Waals surface area contributed by atoms with E-state index in [1.165, 1.54) is 0 Å². The molecular formula is C19H19NO2. The van der Waals surface area contributed by atoms with E-state index in [1.807, 2.05) is 54.6 Å². The van der Waals surface area contributed by atoms with Gasteiger partial charge in [0.2, 0.25) is 0 Å². The number of fused-ring (bicyclic) bond motifs is 1. The molecule has 2 aromatic carbocycles. The van der Waals surface area contributed by atoms with E-state index in [2.05, 4.69) is 0 Å². The van der Waals surface area contributed by atoms with Gasteiger partial charge in [0.1, 0.15) is 0 Å². The molecule has 1 saturated carbocycles. The summed E-state index contributed by atoms with van der Waals surface area (Å²) in [4.78, 5) is 14.7. The Hall–Kier alpha value is -2.13. The summed E-state index contributed by atoms with van der Waals surface area (Å²) in [5.74, 6) is -0.0474. The minimum absolute atomic E-state index is 0.0474. The van der Waals surface area contributed by atoms with Crippen molar-refractivity contribution in [1.82, 2.24) is 4.90 Å². The highest BCUT2D eigenvalue weighted by molar-refractivity contribution is 6.00. The second-order valence-corrected chi connectivity index (χ2v) is 6.20. The van der Waals surface area contributed by atoms with Crippen LogP contribution in [0.15, 0.2) is 54.6 Å². The summed E-state index contributed by atoms with van der Waals surface area (Å²) in [6.45, 7) is 0. The van der Waals surface area contributed by atoms with E-state index in [4.69, 9.17) is 0 Å². The molecule has 0 spiro atoms. The summed E-state index contributed by atoms with van der Waals surface area (Å²) >= 11 is 0. The fourth-order valence-corrected chi connectivity index (χ4v) is 3.94. The minimum atomic E-state index is -1.34. The predicted molar refractivity (Wildman–Crippen MR) is 84.3 cm³/mol. The average Bonchev–Trinajstić information content (AvgIpc) is 3.16. The van der Waals surface area contributed by atoms with Gasteiger partial charge < -0.3 is 5.11 Å². The molecule has 4 rings (SSSR count). The van der Waals surface area contributed by atoms with Crippen molar-refractivity contribution < 1.29 is 9.90 Å². The maximum Gasteiger partial charge on any atom is 0.257 e. The molecule has 2 aliphatic rings. The number of aliphatic hydroxyl groups is 1. The van der Waals surface area contributed by atoms with E-state index < -0.39 is 5.72 Å². The number of carbonyl (C=O) groups excluding carboxylic acids is 1. The van der Waals surface area contributed by atoms with E-state index in [-0.39, 0.29) is 11.9 Å². The fraction of sp³-hybridized carbons (Fsp3) is 0.316. The summed E-state index contributed by atoms with van der Waals surface area (Å²) in [5, 5.41) is 11.6. The Morgan fingerprint density at radius 1 is 0.955 bits per heavy atom. The maximum absolute atomic E-state index is 12.9. The first-order chi connectivity index (χ1) is 10.7. The molecule has 0 unspecified atom stereocenters. The maximum atomic E-state index is 12.9. The van der Waals surface area contributed by atoms with Crippen molar-refractivity contribution >= 4 is 5.91 Å². The Morgan fingerprint density at radius 2 is 1.59 bits per heavy atom. The first kappa shape index (κ1) is 13.5. The SMILES string of the molecule is O=C1c2ccccc2[C@@](O)(c2ccccc2)N1C1CCCC1. The van der Waals surface area contributed by atoms with Crippen molar-refractivity contribution in [1.29, 1.82) is 0 Å². The smallest absolute Gasteiger partial charge is 0.257 e. The van der Waals surface area contributed by atoms with Gasteiger partial charge in [-0.05, 0) is 18.9 Å². The van der Waals surface area contributed by atoms with Crippen molar-refractivity contribution in [2.75, 3.05) is 0 Å². The number of hydrogen-bond donors (Lipinski definition) is 1. The molecule has 22 heavy (non-hydrogen) atoms. The zero-order valence-electron chi connectivity index (χ0n) is 12.4. The van der Waals surface area contributed by atoms with Crippen molar-refractivity contribution in [3.63, 3.8) is 0 Å².